The number of aryl methyl sites for hydroxylation is 1. The maximum atomic E-state index is 13.8. The number of carbonyl (C=O) groups is 1. The molecule has 0 radical (unpaired) electrons. The molecule has 34 heavy (non-hydrogen) atoms. The van der Waals surface area contributed by atoms with Gasteiger partial charge in [-0.25, -0.2) is 4.79 Å². The highest BCUT2D eigenvalue weighted by Crippen LogP contribution is 2.37. The van der Waals surface area contributed by atoms with Crippen LogP contribution in [0.25, 0.3) is 5.69 Å². The number of nitrogens with zero attached hydrogens (tertiary/aromatic N) is 2. The van der Waals surface area contributed by atoms with Crippen molar-refractivity contribution in [1.29, 1.82) is 0 Å². The number of carbonyl (C=O) groups excluding carboxylic acids is 1. The Morgan fingerprint density at radius 3 is 2.38 bits per heavy atom. The van der Waals surface area contributed by atoms with Crippen molar-refractivity contribution >= 4 is 11.7 Å². The molecule has 172 valence electrons. The zero-order valence-electron chi connectivity index (χ0n) is 20.0. The molecule has 1 unspecified atom stereocenters. The number of fused-ring (bicyclic) bond motifs is 3. The van der Waals surface area contributed by atoms with Crippen LogP contribution in [0, 0.1) is 0 Å². The summed E-state index contributed by atoms with van der Waals surface area (Å²) in [6.07, 6.45) is 3.07. The van der Waals surface area contributed by atoms with Crippen LogP contribution < -0.4 is 5.32 Å². The van der Waals surface area contributed by atoms with Crippen molar-refractivity contribution < 1.29 is 4.79 Å². The van der Waals surface area contributed by atoms with Gasteiger partial charge in [0.05, 0.1) is 18.3 Å². The minimum Gasteiger partial charge on any atom is -0.318 e. The SMILES string of the molecule is CCc1ccc(NC(=O)N2Cc3ccccc3-n3cccc3C2c2ccc(C(C)C)cc2)cc1. The van der Waals surface area contributed by atoms with Gasteiger partial charge in [0.15, 0.2) is 0 Å². The lowest BCUT2D eigenvalue weighted by Gasteiger charge is -2.31. The molecule has 0 aliphatic carbocycles. The van der Waals surface area contributed by atoms with Crippen molar-refractivity contribution in [2.24, 2.45) is 0 Å². The molecule has 5 rings (SSSR count). The van der Waals surface area contributed by atoms with Gasteiger partial charge in [0.2, 0.25) is 0 Å². The Hall–Kier alpha value is -3.79. The van der Waals surface area contributed by atoms with E-state index in [9.17, 15) is 4.79 Å². The zero-order valence-corrected chi connectivity index (χ0v) is 20.0. The summed E-state index contributed by atoms with van der Waals surface area (Å²) >= 11 is 0. The normalized spacial score (nSPS) is 14.9. The molecule has 3 aromatic carbocycles. The maximum absolute atomic E-state index is 13.8. The molecule has 2 amide bonds. The van der Waals surface area contributed by atoms with Gasteiger partial charge in [0.25, 0.3) is 0 Å². The van der Waals surface area contributed by atoms with E-state index in [4.69, 9.17) is 0 Å². The van der Waals surface area contributed by atoms with E-state index in [0.29, 0.717) is 12.5 Å². The molecule has 4 heteroatoms. The number of urea groups is 1. The van der Waals surface area contributed by atoms with Gasteiger partial charge in [0, 0.05) is 17.6 Å². The Morgan fingerprint density at radius 1 is 0.941 bits per heavy atom. The molecule has 0 saturated heterocycles. The monoisotopic (exact) mass is 449 g/mol. The predicted molar refractivity (Wildman–Crippen MR) is 139 cm³/mol. The third-order valence-electron chi connectivity index (χ3n) is 6.76. The topological polar surface area (TPSA) is 37.3 Å². The van der Waals surface area contributed by atoms with Crippen LogP contribution in [0.5, 0.6) is 0 Å². The van der Waals surface area contributed by atoms with E-state index in [1.807, 2.05) is 23.1 Å². The molecule has 0 bridgehead atoms. The Labute approximate surface area is 201 Å². The summed E-state index contributed by atoms with van der Waals surface area (Å²) < 4.78 is 2.22. The smallest absolute Gasteiger partial charge is 0.318 e. The van der Waals surface area contributed by atoms with Crippen molar-refractivity contribution in [3.8, 4) is 5.69 Å². The number of nitrogens with one attached hydrogen (secondary N) is 1. The fraction of sp³-hybridized carbons (Fsp3) is 0.233. The number of para-hydroxylation sites is 1. The summed E-state index contributed by atoms with van der Waals surface area (Å²) in [6, 6.07) is 29.0. The van der Waals surface area contributed by atoms with Crippen LogP contribution in [-0.4, -0.2) is 15.5 Å². The van der Waals surface area contributed by atoms with Gasteiger partial charge >= 0.3 is 6.03 Å². The summed E-state index contributed by atoms with van der Waals surface area (Å²) in [4.78, 5) is 15.7. The zero-order chi connectivity index (χ0) is 23.7. The van der Waals surface area contributed by atoms with Gasteiger partial charge in [-0.15, -0.1) is 0 Å². The molecule has 2 heterocycles. The van der Waals surface area contributed by atoms with Gasteiger partial charge in [-0.2, -0.15) is 0 Å². The molecule has 1 N–H and O–H groups in total. The van der Waals surface area contributed by atoms with E-state index in [0.717, 1.165) is 34.6 Å². The van der Waals surface area contributed by atoms with E-state index in [1.54, 1.807) is 0 Å². The van der Waals surface area contributed by atoms with Crippen molar-refractivity contribution in [1.82, 2.24) is 9.47 Å². The van der Waals surface area contributed by atoms with Crippen LogP contribution >= 0.6 is 0 Å². The van der Waals surface area contributed by atoms with Crippen LogP contribution in [-0.2, 0) is 13.0 Å². The molecule has 1 aliphatic heterocycles. The average Bonchev–Trinajstić information content (AvgIpc) is 3.29. The lowest BCUT2D eigenvalue weighted by Crippen LogP contribution is -2.37. The molecule has 0 fully saturated rings. The first-order valence-corrected chi connectivity index (χ1v) is 12.1. The van der Waals surface area contributed by atoms with Crippen LogP contribution in [0.4, 0.5) is 10.5 Å². The van der Waals surface area contributed by atoms with Crippen LogP contribution in [0.3, 0.4) is 0 Å². The second-order valence-electron chi connectivity index (χ2n) is 9.26. The van der Waals surface area contributed by atoms with E-state index < -0.39 is 0 Å². The average molecular weight is 450 g/mol. The highest BCUT2D eigenvalue weighted by Gasteiger charge is 2.33. The number of rotatable bonds is 4. The number of amides is 2. The Bertz CT molecular complexity index is 1290. The highest BCUT2D eigenvalue weighted by molar-refractivity contribution is 5.90. The molecule has 1 aliphatic rings. The third-order valence-corrected chi connectivity index (χ3v) is 6.76. The molecule has 4 aromatic rings. The van der Waals surface area contributed by atoms with Crippen molar-refractivity contribution in [2.45, 2.75) is 45.7 Å². The van der Waals surface area contributed by atoms with Gasteiger partial charge in [-0.3, -0.25) is 0 Å². The molecule has 4 nitrogen and oxygen atoms in total. The Balaban J connectivity index is 1.58. The van der Waals surface area contributed by atoms with Gasteiger partial charge in [-0.1, -0.05) is 75.4 Å². The van der Waals surface area contributed by atoms with Gasteiger partial charge < -0.3 is 14.8 Å². The van der Waals surface area contributed by atoms with E-state index in [1.165, 1.54) is 11.1 Å². The second kappa shape index (κ2) is 9.22. The Morgan fingerprint density at radius 2 is 1.68 bits per heavy atom. The molecule has 1 atom stereocenters. The summed E-state index contributed by atoms with van der Waals surface area (Å²) in [6.45, 7) is 7.05. The Kier molecular flexibility index (Phi) is 5.97. The number of hydrogen-bond acceptors (Lipinski definition) is 1. The number of aromatic nitrogens is 1. The first-order valence-electron chi connectivity index (χ1n) is 12.1. The van der Waals surface area contributed by atoms with Crippen molar-refractivity contribution in [2.75, 3.05) is 5.32 Å². The first-order chi connectivity index (χ1) is 16.5. The molecular weight excluding hydrogens is 418 g/mol. The lowest BCUT2D eigenvalue weighted by molar-refractivity contribution is 0.194. The predicted octanol–water partition coefficient (Wildman–Crippen LogP) is 7.30. The highest BCUT2D eigenvalue weighted by atomic mass is 16.2. The maximum Gasteiger partial charge on any atom is 0.322 e. The number of benzene rings is 3. The third kappa shape index (κ3) is 4.12. The second-order valence-corrected chi connectivity index (χ2v) is 9.26. The van der Waals surface area contributed by atoms with Crippen LogP contribution in [0.1, 0.15) is 60.7 Å². The van der Waals surface area contributed by atoms with E-state index in [-0.39, 0.29) is 12.1 Å². The summed E-state index contributed by atoms with van der Waals surface area (Å²) in [5.41, 5.74) is 7.79. The fourth-order valence-corrected chi connectivity index (χ4v) is 4.77. The molecular formula is C30H31N3O. The molecule has 0 saturated carbocycles. The minimum absolute atomic E-state index is 0.105. The van der Waals surface area contributed by atoms with Crippen molar-refractivity contribution in [3.05, 3.63) is 119 Å². The summed E-state index contributed by atoms with van der Waals surface area (Å²) in [5, 5.41) is 3.15. The fourth-order valence-electron chi connectivity index (χ4n) is 4.77. The molecule has 0 spiro atoms. The largest absolute Gasteiger partial charge is 0.322 e. The van der Waals surface area contributed by atoms with E-state index in [2.05, 4.69) is 104 Å². The lowest BCUT2D eigenvalue weighted by atomic mass is 9.97. The van der Waals surface area contributed by atoms with E-state index >= 15 is 0 Å². The van der Waals surface area contributed by atoms with Crippen LogP contribution in [0.15, 0.2) is 91.1 Å². The van der Waals surface area contributed by atoms with Gasteiger partial charge in [0.1, 0.15) is 0 Å². The van der Waals surface area contributed by atoms with Gasteiger partial charge in [-0.05, 0) is 64.9 Å². The van der Waals surface area contributed by atoms with Crippen molar-refractivity contribution in [3.63, 3.8) is 0 Å². The number of anilines is 1. The quantitative estimate of drug-likeness (QED) is 0.349. The van der Waals surface area contributed by atoms with Crippen LogP contribution in [0.2, 0.25) is 0 Å². The number of hydrogen-bond donors (Lipinski definition) is 1. The standard InChI is InChI=1S/C30H31N3O/c1-4-22-11-17-26(18-12-22)31-30(34)33-20-25-8-5-6-9-27(25)32-19-7-10-28(32)29(33)24-15-13-23(14-16-24)21(2)3/h5-19,21,29H,4,20H2,1-3H3,(H,31,34). The minimum atomic E-state index is -0.210. The molecule has 1 aromatic heterocycles. The summed E-state index contributed by atoms with van der Waals surface area (Å²) in [7, 11) is 0. The summed E-state index contributed by atoms with van der Waals surface area (Å²) in [5.74, 6) is 0.460. The first kappa shape index (κ1) is 22.0.